The Bertz CT molecular complexity index is 1400. The van der Waals surface area contributed by atoms with Gasteiger partial charge in [-0.1, -0.05) is 7.43 Å². The summed E-state index contributed by atoms with van der Waals surface area (Å²) in [5.41, 5.74) is 1.10. The molecule has 4 aromatic heterocycles. The number of hydrogen-bond acceptors (Lipinski definition) is 12. The van der Waals surface area contributed by atoms with Gasteiger partial charge in [0, 0.05) is 18.0 Å². The Balaban J connectivity index is 0.000000691. The Hall–Kier alpha value is -3.60. The summed E-state index contributed by atoms with van der Waals surface area (Å²) in [4.78, 5) is 59.2. The van der Waals surface area contributed by atoms with E-state index in [0.29, 0.717) is 11.3 Å². The topological polar surface area (TPSA) is 226 Å². The quantitative estimate of drug-likeness (QED) is 0.178. The van der Waals surface area contributed by atoms with Gasteiger partial charge in [0.25, 0.3) is 0 Å². The molecule has 0 aliphatic rings. The molecule has 0 saturated heterocycles. The summed E-state index contributed by atoms with van der Waals surface area (Å²) >= 11 is 0. The predicted molar refractivity (Wildman–Crippen MR) is 128 cm³/mol. The van der Waals surface area contributed by atoms with E-state index in [-0.39, 0.29) is 111 Å². The number of carbonyl (C=O) groups excluding carboxylic acids is 2. The number of ether oxygens (including phenoxy) is 1. The fourth-order valence-electron chi connectivity index (χ4n) is 2.56. The van der Waals surface area contributed by atoms with Gasteiger partial charge < -0.3 is 29.3 Å². The first-order valence-corrected chi connectivity index (χ1v) is 10.2. The maximum Gasteiger partial charge on any atom is 1.00 e. The molecular formula is C24H23KN4O10. The third-order valence-corrected chi connectivity index (χ3v) is 4.33. The smallest absolute Gasteiger partial charge is 0.870 e. The molecule has 4 aromatic rings. The van der Waals surface area contributed by atoms with Crippen molar-refractivity contribution >= 4 is 23.7 Å². The van der Waals surface area contributed by atoms with Gasteiger partial charge in [-0.3, -0.25) is 14.8 Å². The Labute approximate surface area is 264 Å². The Morgan fingerprint density at radius 3 is 1.69 bits per heavy atom. The van der Waals surface area contributed by atoms with Crippen LogP contribution in [0, 0.1) is 0 Å². The number of esters is 1. The number of aromatic carboxylic acids is 2. The number of Topliss-reactive ketones (excluding diaryl/α,β-unsaturated/α-hetero) is 1. The predicted octanol–water partition coefficient (Wildman–Crippen LogP) is 0.712. The van der Waals surface area contributed by atoms with Crippen LogP contribution in [0.3, 0.4) is 0 Å². The maximum atomic E-state index is 11.4. The summed E-state index contributed by atoms with van der Waals surface area (Å²) in [6.45, 7) is 3.44. The fourth-order valence-corrected chi connectivity index (χ4v) is 2.56. The van der Waals surface area contributed by atoms with Crippen LogP contribution in [-0.2, 0) is 4.74 Å². The number of carboxylic acid groups (broad SMARTS) is 2. The van der Waals surface area contributed by atoms with Gasteiger partial charge in [-0.05, 0) is 38.1 Å². The van der Waals surface area contributed by atoms with E-state index in [1.54, 1.807) is 19.1 Å². The summed E-state index contributed by atoms with van der Waals surface area (Å²) in [7, 11) is 0. The molecular weight excluding hydrogens is 543 g/mol. The van der Waals surface area contributed by atoms with Crippen molar-refractivity contribution in [2.75, 3.05) is 6.61 Å². The van der Waals surface area contributed by atoms with E-state index in [0.717, 1.165) is 12.5 Å². The van der Waals surface area contributed by atoms with Gasteiger partial charge in [0.15, 0.2) is 17.2 Å². The molecule has 39 heavy (non-hydrogen) atoms. The van der Waals surface area contributed by atoms with Crippen LogP contribution < -0.4 is 51.4 Å². The number of carbonyl (C=O) groups is 4. The average molecular weight is 567 g/mol. The van der Waals surface area contributed by atoms with Gasteiger partial charge in [0.2, 0.25) is 11.8 Å². The van der Waals surface area contributed by atoms with E-state index < -0.39 is 17.9 Å². The van der Waals surface area contributed by atoms with Gasteiger partial charge in [-0.15, -0.1) is 0 Å². The summed E-state index contributed by atoms with van der Waals surface area (Å²) in [5.74, 6) is -2.68. The van der Waals surface area contributed by atoms with Crippen molar-refractivity contribution in [1.29, 1.82) is 0 Å². The summed E-state index contributed by atoms with van der Waals surface area (Å²) in [6.07, 6.45) is 4.78. The van der Waals surface area contributed by atoms with Crippen LogP contribution in [-0.4, -0.2) is 65.9 Å². The molecule has 0 atom stereocenters. The summed E-state index contributed by atoms with van der Waals surface area (Å²) in [6, 6.07) is 5.95. The molecule has 200 valence electrons. The molecule has 0 aliphatic heterocycles. The number of ketones is 1. The first-order chi connectivity index (χ1) is 17.2. The Morgan fingerprint density at radius 2 is 1.31 bits per heavy atom. The normalized spacial score (nSPS) is 9.38. The van der Waals surface area contributed by atoms with Crippen LogP contribution in [0.1, 0.15) is 63.0 Å². The molecule has 0 spiro atoms. The van der Waals surface area contributed by atoms with Crippen molar-refractivity contribution < 1.29 is 99.8 Å². The zero-order chi connectivity index (χ0) is 26.2. The first-order valence-electron chi connectivity index (χ1n) is 10.2. The van der Waals surface area contributed by atoms with Crippen molar-refractivity contribution in [2.24, 2.45) is 0 Å². The number of carboxylic acids is 2. The van der Waals surface area contributed by atoms with Gasteiger partial charge >= 0.3 is 69.3 Å². The molecule has 0 bridgehead atoms. The molecule has 4 heterocycles. The average Bonchev–Trinajstić information content (AvgIpc) is 3.56. The van der Waals surface area contributed by atoms with Crippen LogP contribution in [0.15, 0.2) is 58.0 Å². The zero-order valence-electron chi connectivity index (χ0n) is 20.3. The molecule has 0 aromatic carbocycles. The Kier molecular flexibility index (Phi) is 14.9. The fraction of sp³-hybridized carbons (Fsp3) is 0.167. The zero-order valence-corrected chi connectivity index (χ0v) is 23.4. The van der Waals surface area contributed by atoms with Gasteiger partial charge in [0.05, 0.1) is 12.2 Å². The second-order valence-electron chi connectivity index (χ2n) is 6.83. The SMILES string of the molecule is C.CCOC(=O)c1coc(-c2ccc(C(C)=O)cn2)n1.O=C(O)c1ccc(-c2nc(C(=O)O)co2)nc1.[K+].[OH-]. The number of rotatable bonds is 7. The molecule has 0 fully saturated rings. The van der Waals surface area contributed by atoms with Crippen LogP contribution in [0.25, 0.3) is 23.2 Å². The van der Waals surface area contributed by atoms with Crippen LogP contribution >= 0.6 is 0 Å². The van der Waals surface area contributed by atoms with Gasteiger partial charge in [0.1, 0.15) is 23.9 Å². The van der Waals surface area contributed by atoms with E-state index in [2.05, 4.69) is 19.9 Å². The standard InChI is InChI=1S/C13H12N2O4.C10H6N2O5.CH4.K.H2O/c1-3-18-13(17)11-7-19-12(15-11)10-5-4-9(6-14-10)8(2)16;13-9(14)5-1-2-6(11-3-5)8-12-7(4-17-8)10(15)16;;;/h4-7H,3H2,1-2H3;1-4H,(H,13,14)(H,15,16);1H4;;1H2/q;;;+1;/p-1. The molecule has 0 aliphatic carbocycles. The van der Waals surface area contributed by atoms with Gasteiger partial charge in [-0.25, -0.2) is 24.4 Å². The van der Waals surface area contributed by atoms with Crippen molar-refractivity contribution in [3.05, 3.63) is 71.7 Å². The number of aromatic nitrogens is 4. The van der Waals surface area contributed by atoms with Crippen molar-refractivity contribution in [1.82, 2.24) is 19.9 Å². The minimum atomic E-state index is -1.21. The largest absolute Gasteiger partial charge is 1.00 e. The minimum absolute atomic E-state index is 0. The molecule has 0 unspecified atom stereocenters. The van der Waals surface area contributed by atoms with E-state index in [1.165, 1.54) is 31.5 Å². The Morgan fingerprint density at radius 1 is 0.821 bits per heavy atom. The summed E-state index contributed by atoms with van der Waals surface area (Å²) in [5, 5.41) is 17.3. The number of pyridine rings is 2. The molecule has 0 saturated carbocycles. The summed E-state index contributed by atoms with van der Waals surface area (Å²) < 4.78 is 14.9. The van der Waals surface area contributed by atoms with Crippen LogP contribution in [0.2, 0.25) is 0 Å². The second-order valence-corrected chi connectivity index (χ2v) is 6.83. The van der Waals surface area contributed by atoms with Crippen LogP contribution in [0.4, 0.5) is 0 Å². The number of hydrogen-bond donors (Lipinski definition) is 2. The van der Waals surface area contributed by atoms with Gasteiger partial charge in [-0.2, -0.15) is 0 Å². The molecule has 0 amide bonds. The van der Waals surface area contributed by atoms with E-state index >= 15 is 0 Å². The van der Waals surface area contributed by atoms with E-state index in [4.69, 9.17) is 23.8 Å². The van der Waals surface area contributed by atoms with Crippen molar-refractivity contribution in [2.45, 2.75) is 21.3 Å². The third kappa shape index (κ3) is 9.58. The number of oxazole rings is 2. The number of nitrogens with zero attached hydrogens (tertiary/aromatic N) is 4. The maximum absolute atomic E-state index is 11.4. The van der Waals surface area contributed by atoms with E-state index in [1.807, 2.05) is 0 Å². The molecule has 3 N–H and O–H groups in total. The minimum Gasteiger partial charge on any atom is -0.870 e. The molecule has 4 rings (SSSR count). The molecule has 15 heteroatoms. The monoisotopic (exact) mass is 566 g/mol. The van der Waals surface area contributed by atoms with Crippen LogP contribution in [0.5, 0.6) is 0 Å². The molecule has 0 radical (unpaired) electrons. The molecule has 14 nitrogen and oxygen atoms in total. The second kappa shape index (κ2) is 16.4. The van der Waals surface area contributed by atoms with Crippen molar-refractivity contribution in [3.8, 4) is 23.2 Å². The first kappa shape index (κ1) is 35.4. The third-order valence-electron chi connectivity index (χ3n) is 4.33. The van der Waals surface area contributed by atoms with Crippen molar-refractivity contribution in [3.63, 3.8) is 0 Å². The van der Waals surface area contributed by atoms with E-state index in [9.17, 15) is 19.2 Å².